The fourth-order valence-corrected chi connectivity index (χ4v) is 5.50. The average Bonchev–Trinajstić information content (AvgIpc) is 2.72. The summed E-state index contributed by atoms with van der Waals surface area (Å²) >= 11 is 6.78. The smallest absolute Gasteiger partial charge is 0.347 e. The SMILES string of the molecule is CCN(CC)S(=O)(=O)c1cc(Oc2c(Br)cc(C=NOC(C)C(=O)O)cc2Br)ccc1O. The zero-order valence-corrected chi connectivity index (χ0v) is 21.4. The molecule has 0 bridgehead atoms. The Balaban J connectivity index is 2.32. The van der Waals surface area contributed by atoms with E-state index in [1.54, 1.807) is 26.0 Å². The van der Waals surface area contributed by atoms with Crippen molar-refractivity contribution in [2.45, 2.75) is 31.8 Å². The van der Waals surface area contributed by atoms with Crippen molar-refractivity contribution in [3.05, 3.63) is 44.8 Å². The summed E-state index contributed by atoms with van der Waals surface area (Å²) in [4.78, 5) is 15.3. The van der Waals surface area contributed by atoms with Crippen LogP contribution in [-0.4, -0.2) is 54.3 Å². The van der Waals surface area contributed by atoms with Gasteiger partial charge in [-0.25, -0.2) is 13.2 Å². The molecule has 0 aliphatic carbocycles. The number of benzene rings is 2. The van der Waals surface area contributed by atoms with Gasteiger partial charge in [-0.3, -0.25) is 0 Å². The van der Waals surface area contributed by atoms with Crippen LogP contribution in [0.25, 0.3) is 0 Å². The molecule has 1 unspecified atom stereocenters. The number of rotatable bonds is 10. The number of oxime groups is 1. The minimum atomic E-state index is -3.89. The molecule has 2 rings (SSSR count). The van der Waals surface area contributed by atoms with E-state index in [1.165, 1.54) is 35.6 Å². The maximum atomic E-state index is 12.8. The molecule has 1 atom stereocenters. The number of halogens is 2. The maximum Gasteiger partial charge on any atom is 0.347 e. The molecular formula is C20H22Br2N2O7S. The van der Waals surface area contributed by atoms with Gasteiger partial charge < -0.3 is 19.8 Å². The highest BCUT2D eigenvalue weighted by Gasteiger charge is 2.26. The summed E-state index contributed by atoms with van der Waals surface area (Å²) in [6.45, 7) is 5.31. The van der Waals surface area contributed by atoms with Crippen LogP contribution < -0.4 is 4.74 Å². The Bertz CT molecular complexity index is 1100. The zero-order chi connectivity index (χ0) is 24.1. The number of nitrogens with zero attached hydrogens (tertiary/aromatic N) is 2. The molecule has 2 aromatic rings. The molecule has 0 saturated carbocycles. The second-order valence-corrected chi connectivity index (χ2v) is 10.1. The minimum absolute atomic E-state index is 0.204. The highest BCUT2D eigenvalue weighted by Crippen LogP contribution is 2.39. The summed E-state index contributed by atoms with van der Waals surface area (Å²) in [5.74, 6) is -0.942. The van der Waals surface area contributed by atoms with Crippen LogP contribution in [0.2, 0.25) is 0 Å². The molecule has 0 aromatic heterocycles. The summed E-state index contributed by atoms with van der Waals surface area (Å²) in [6.07, 6.45) is 0.255. The van der Waals surface area contributed by atoms with Crippen molar-refractivity contribution >= 4 is 54.1 Å². The number of phenols is 1. The van der Waals surface area contributed by atoms with Crippen LogP contribution in [0.3, 0.4) is 0 Å². The van der Waals surface area contributed by atoms with Gasteiger partial charge in [-0.05, 0) is 68.6 Å². The number of phenolic OH excluding ortho intramolecular Hbond substituents is 1. The summed E-state index contributed by atoms with van der Waals surface area (Å²) in [5.41, 5.74) is 0.587. The second-order valence-electron chi connectivity index (χ2n) is 6.45. The van der Waals surface area contributed by atoms with E-state index in [9.17, 15) is 18.3 Å². The highest BCUT2D eigenvalue weighted by molar-refractivity contribution is 9.11. The monoisotopic (exact) mass is 592 g/mol. The maximum absolute atomic E-state index is 12.8. The predicted molar refractivity (Wildman–Crippen MR) is 126 cm³/mol. The van der Waals surface area contributed by atoms with Crippen LogP contribution in [0.4, 0.5) is 0 Å². The fourth-order valence-electron chi connectivity index (χ4n) is 2.56. The molecule has 0 heterocycles. The van der Waals surface area contributed by atoms with Crippen molar-refractivity contribution in [2.24, 2.45) is 5.16 Å². The van der Waals surface area contributed by atoms with E-state index in [0.29, 0.717) is 20.3 Å². The second kappa shape index (κ2) is 11.1. The van der Waals surface area contributed by atoms with Gasteiger partial charge in [-0.2, -0.15) is 4.31 Å². The van der Waals surface area contributed by atoms with Crippen LogP contribution in [0, 0.1) is 0 Å². The number of carbonyl (C=O) groups is 1. The molecule has 0 radical (unpaired) electrons. The molecule has 0 aliphatic heterocycles. The summed E-state index contributed by atoms with van der Waals surface area (Å²) in [5, 5.41) is 22.6. The van der Waals surface area contributed by atoms with Crippen molar-refractivity contribution < 1.29 is 33.0 Å². The molecular weight excluding hydrogens is 572 g/mol. The quantitative estimate of drug-likeness (QED) is 0.305. The molecule has 32 heavy (non-hydrogen) atoms. The van der Waals surface area contributed by atoms with Crippen molar-refractivity contribution in [1.29, 1.82) is 0 Å². The van der Waals surface area contributed by atoms with Crippen LogP contribution in [-0.2, 0) is 19.7 Å². The molecule has 0 saturated heterocycles. The number of hydrogen-bond acceptors (Lipinski definition) is 7. The summed E-state index contributed by atoms with van der Waals surface area (Å²) in [6, 6.07) is 7.29. The Morgan fingerprint density at radius 2 is 1.78 bits per heavy atom. The number of carboxylic acid groups (broad SMARTS) is 1. The third kappa shape index (κ3) is 6.21. The predicted octanol–water partition coefficient (Wildman–Crippen LogP) is 4.56. The minimum Gasteiger partial charge on any atom is -0.507 e. The Morgan fingerprint density at radius 3 is 2.31 bits per heavy atom. The Kier molecular flexibility index (Phi) is 9.08. The van der Waals surface area contributed by atoms with Gasteiger partial charge in [0.25, 0.3) is 0 Å². The normalized spacial score (nSPS) is 12.8. The molecule has 174 valence electrons. The molecule has 2 aromatic carbocycles. The average molecular weight is 594 g/mol. The first-order valence-electron chi connectivity index (χ1n) is 9.43. The van der Waals surface area contributed by atoms with Gasteiger partial charge in [-0.1, -0.05) is 19.0 Å². The standard InChI is InChI=1S/C20H22Br2N2O7S/c1-4-24(5-2)32(28,29)18-10-14(6-7-17(18)25)30-19-15(21)8-13(9-16(19)22)11-23-31-12(3)20(26)27/h6-12,25H,4-5H2,1-3H3,(H,26,27). The third-order valence-corrected chi connectivity index (χ3v) is 7.52. The Hall–Kier alpha value is -2.15. The van der Waals surface area contributed by atoms with E-state index in [2.05, 4.69) is 37.0 Å². The lowest BCUT2D eigenvalue weighted by Crippen LogP contribution is -2.30. The van der Waals surface area contributed by atoms with E-state index in [-0.39, 0.29) is 29.5 Å². The number of sulfonamides is 1. The van der Waals surface area contributed by atoms with E-state index in [0.717, 1.165) is 0 Å². The van der Waals surface area contributed by atoms with E-state index < -0.39 is 22.1 Å². The number of carboxylic acids is 1. The lowest BCUT2D eigenvalue weighted by molar-refractivity contribution is -0.149. The highest BCUT2D eigenvalue weighted by atomic mass is 79.9. The van der Waals surface area contributed by atoms with E-state index in [1.807, 2.05) is 0 Å². The van der Waals surface area contributed by atoms with Crippen LogP contribution >= 0.6 is 31.9 Å². The number of ether oxygens (including phenoxy) is 1. The first-order valence-corrected chi connectivity index (χ1v) is 12.5. The molecule has 12 heteroatoms. The Labute approximate surface area is 202 Å². The van der Waals surface area contributed by atoms with Gasteiger partial charge >= 0.3 is 5.97 Å². The molecule has 9 nitrogen and oxygen atoms in total. The van der Waals surface area contributed by atoms with Crippen molar-refractivity contribution in [3.63, 3.8) is 0 Å². The molecule has 0 fully saturated rings. The van der Waals surface area contributed by atoms with Crippen molar-refractivity contribution in [1.82, 2.24) is 4.31 Å². The van der Waals surface area contributed by atoms with E-state index >= 15 is 0 Å². The van der Waals surface area contributed by atoms with Crippen molar-refractivity contribution in [2.75, 3.05) is 13.1 Å². The lowest BCUT2D eigenvalue weighted by atomic mass is 10.2. The van der Waals surface area contributed by atoms with Gasteiger partial charge in [-0.15, -0.1) is 0 Å². The van der Waals surface area contributed by atoms with Gasteiger partial charge in [0, 0.05) is 19.2 Å². The van der Waals surface area contributed by atoms with Gasteiger partial charge in [0.1, 0.15) is 16.4 Å². The molecule has 2 N–H and O–H groups in total. The number of aliphatic carboxylic acids is 1. The van der Waals surface area contributed by atoms with E-state index in [4.69, 9.17) is 14.7 Å². The third-order valence-electron chi connectivity index (χ3n) is 4.26. The van der Waals surface area contributed by atoms with Gasteiger partial charge in [0.15, 0.2) is 5.75 Å². The molecule has 0 amide bonds. The van der Waals surface area contributed by atoms with Crippen LogP contribution in [0.5, 0.6) is 17.2 Å². The zero-order valence-electron chi connectivity index (χ0n) is 17.4. The van der Waals surface area contributed by atoms with Crippen molar-refractivity contribution in [3.8, 4) is 17.2 Å². The molecule has 0 aliphatic rings. The van der Waals surface area contributed by atoms with Gasteiger partial charge in [0.2, 0.25) is 16.1 Å². The first kappa shape index (κ1) is 26.1. The van der Waals surface area contributed by atoms with Crippen LogP contribution in [0.15, 0.2) is 49.3 Å². The lowest BCUT2D eigenvalue weighted by Gasteiger charge is -2.19. The van der Waals surface area contributed by atoms with Gasteiger partial charge in [0.05, 0.1) is 15.2 Å². The fraction of sp³-hybridized carbons (Fsp3) is 0.300. The number of hydrogen-bond donors (Lipinski definition) is 2. The van der Waals surface area contributed by atoms with Crippen LogP contribution in [0.1, 0.15) is 26.3 Å². The number of aromatic hydroxyl groups is 1. The largest absolute Gasteiger partial charge is 0.507 e. The topological polar surface area (TPSA) is 126 Å². The summed E-state index contributed by atoms with van der Waals surface area (Å²) in [7, 11) is -3.89. The molecule has 0 spiro atoms. The summed E-state index contributed by atoms with van der Waals surface area (Å²) < 4.78 is 33.8. The first-order chi connectivity index (χ1) is 15.0. The Morgan fingerprint density at radius 1 is 1.19 bits per heavy atom.